The van der Waals surface area contributed by atoms with Crippen LogP contribution in [0.25, 0.3) is 0 Å². The first-order valence-electron chi connectivity index (χ1n) is 22.4. The Kier molecular flexibility index (Phi) is 40.8. The average Bonchev–Trinajstić information content (AvgIpc) is 3.10. The lowest BCUT2D eigenvalue weighted by atomic mass is 10.0. The van der Waals surface area contributed by atoms with Crippen molar-refractivity contribution in [1.82, 2.24) is 5.32 Å². The first-order valence-corrected chi connectivity index (χ1v) is 22.4. The van der Waals surface area contributed by atoms with Crippen LogP contribution in [0, 0.1) is 0 Å². The molecular formula is C45H89NO3. The van der Waals surface area contributed by atoms with Gasteiger partial charge in [-0.2, -0.15) is 0 Å². The second-order valence-electron chi connectivity index (χ2n) is 15.5. The van der Waals surface area contributed by atoms with Crippen molar-refractivity contribution >= 4 is 5.91 Å². The summed E-state index contributed by atoms with van der Waals surface area (Å²) in [6, 6.07) is -0.533. The molecule has 0 fully saturated rings. The van der Waals surface area contributed by atoms with Gasteiger partial charge in [0.05, 0.1) is 18.8 Å². The zero-order valence-electron chi connectivity index (χ0n) is 33.5. The zero-order chi connectivity index (χ0) is 35.7. The van der Waals surface area contributed by atoms with Gasteiger partial charge in [-0.25, -0.2) is 0 Å². The van der Waals surface area contributed by atoms with Crippen LogP contribution in [0.2, 0.25) is 0 Å². The first-order chi connectivity index (χ1) is 24.2. The highest BCUT2D eigenvalue weighted by molar-refractivity contribution is 5.76. The van der Waals surface area contributed by atoms with E-state index in [-0.39, 0.29) is 12.5 Å². The number of hydrogen-bond donors (Lipinski definition) is 3. The summed E-state index contributed by atoms with van der Waals surface area (Å²) in [5, 5.41) is 23.2. The van der Waals surface area contributed by atoms with Crippen LogP contribution in [0.4, 0.5) is 0 Å². The zero-order valence-corrected chi connectivity index (χ0v) is 33.5. The number of allylic oxidation sites excluding steroid dienone is 2. The molecule has 2 unspecified atom stereocenters. The lowest BCUT2D eigenvalue weighted by Crippen LogP contribution is -2.45. The maximum atomic E-state index is 12.4. The monoisotopic (exact) mass is 692 g/mol. The summed E-state index contributed by atoms with van der Waals surface area (Å²) in [5.74, 6) is -0.0306. The average molecular weight is 692 g/mol. The van der Waals surface area contributed by atoms with Crippen LogP contribution in [0.3, 0.4) is 0 Å². The predicted octanol–water partition coefficient (Wildman–Crippen LogP) is 13.9. The molecule has 0 aliphatic rings. The molecule has 0 heterocycles. The van der Waals surface area contributed by atoms with Crippen molar-refractivity contribution in [3.8, 4) is 0 Å². The lowest BCUT2D eigenvalue weighted by Gasteiger charge is -2.22. The van der Waals surface area contributed by atoms with Crippen LogP contribution in [0.15, 0.2) is 12.2 Å². The van der Waals surface area contributed by atoms with Gasteiger partial charge in [-0.15, -0.1) is 0 Å². The summed E-state index contributed by atoms with van der Waals surface area (Å²) in [6.45, 7) is 4.37. The molecule has 4 heteroatoms. The van der Waals surface area contributed by atoms with E-state index in [1.165, 1.54) is 199 Å². The largest absolute Gasteiger partial charge is 0.394 e. The van der Waals surface area contributed by atoms with E-state index in [0.29, 0.717) is 12.8 Å². The summed E-state index contributed by atoms with van der Waals surface area (Å²) in [7, 11) is 0. The van der Waals surface area contributed by atoms with Crippen LogP contribution in [0.1, 0.15) is 251 Å². The number of hydrogen-bond acceptors (Lipinski definition) is 3. The van der Waals surface area contributed by atoms with Crippen molar-refractivity contribution in [2.45, 2.75) is 264 Å². The third kappa shape index (κ3) is 38.2. The minimum absolute atomic E-state index is 0.0306. The van der Waals surface area contributed by atoms with Gasteiger partial charge in [0.25, 0.3) is 0 Å². The molecule has 0 spiro atoms. The molecule has 49 heavy (non-hydrogen) atoms. The van der Waals surface area contributed by atoms with Crippen molar-refractivity contribution < 1.29 is 15.0 Å². The molecule has 0 aliphatic carbocycles. The van der Waals surface area contributed by atoms with Gasteiger partial charge in [0.1, 0.15) is 0 Å². The van der Waals surface area contributed by atoms with Gasteiger partial charge in [-0.3, -0.25) is 4.79 Å². The quantitative estimate of drug-likeness (QED) is 0.0441. The summed E-state index contributed by atoms with van der Waals surface area (Å²) in [4.78, 5) is 12.4. The third-order valence-electron chi connectivity index (χ3n) is 10.5. The van der Waals surface area contributed by atoms with E-state index in [0.717, 1.165) is 25.7 Å². The molecule has 3 N–H and O–H groups in total. The number of amides is 1. The molecule has 0 rings (SSSR count). The van der Waals surface area contributed by atoms with Crippen molar-refractivity contribution in [3.63, 3.8) is 0 Å². The lowest BCUT2D eigenvalue weighted by molar-refractivity contribution is -0.123. The number of aliphatic hydroxyl groups excluding tert-OH is 2. The Morgan fingerprint density at radius 2 is 0.776 bits per heavy atom. The Labute approximate surface area is 307 Å². The molecular weight excluding hydrogens is 602 g/mol. The maximum Gasteiger partial charge on any atom is 0.220 e. The summed E-state index contributed by atoms with van der Waals surface area (Å²) >= 11 is 0. The maximum absolute atomic E-state index is 12.4. The molecule has 1 amide bonds. The van der Waals surface area contributed by atoms with E-state index in [4.69, 9.17) is 0 Å². The number of rotatable bonds is 41. The van der Waals surface area contributed by atoms with Crippen LogP contribution in [0.5, 0.6) is 0 Å². The predicted molar refractivity (Wildman–Crippen MR) is 216 cm³/mol. The van der Waals surface area contributed by atoms with Gasteiger partial charge in [0, 0.05) is 6.42 Å². The highest BCUT2D eigenvalue weighted by Gasteiger charge is 2.20. The van der Waals surface area contributed by atoms with E-state index in [1.54, 1.807) is 0 Å². The fourth-order valence-electron chi connectivity index (χ4n) is 7.06. The van der Waals surface area contributed by atoms with Crippen LogP contribution in [-0.2, 0) is 4.79 Å². The molecule has 2 atom stereocenters. The molecule has 0 saturated carbocycles. The molecule has 0 radical (unpaired) electrons. The van der Waals surface area contributed by atoms with Crippen LogP contribution < -0.4 is 5.32 Å². The minimum Gasteiger partial charge on any atom is -0.394 e. The summed E-state index contributed by atoms with van der Waals surface area (Å²) in [5.41, 5.74) is 0. The number of nitrogens with one attached hydrogen (secondary N) is 1. The third-order valence-corrected chi connectivity index (χ3v) is 10.5. The highest BCUT2D eigenvalue weighted by atomic mass is 16.3. The Hall–Kier alpha value is -0.870. The normalized spacial score (nSPS) is 13.0. The Balaban J connectivity index is 3.49. The second kappa shape index (κ2) is 41.5. The van der Waals surface area contributed by atoms with E-state index < -0.39 is 12.1 Å². The molecule has 0 aliphatic heterocycles. The standard InChI is InChI=1S/C45H89NO3/c1-3-5-7-9-11-13-15-17-19-21-22-23-24-25-27-29-31-33-35-37-39-41-45(49)46-43(42-47)44(48)40-38-36-34-32-30-28-26-20-18-16-14-12-10-8-6-4-2/h21-22,43-44,47-48H,3-20,23-42H2,1-2H3,(H,46,49)/b22-21-. The smallest absolute Gasteiger partial charge is 0.220 e. The van der Waals surface area contributed by atoms with E-state index >= 15 is 0 Å². The fraction of sp³-hybridized carbons (Fsp3) is 0.933. The summed E-state index contributed by atoms with van der Waals surface area (Å²) in [6.07, 6.45) is 51.4. The van der Waals surface area contributed by atoms with Gasteiger partial charge in [-0.05, 0) is 38.5 Å². The number of carbonyl (C=O) groups is 1. The van der Waals surface area contributed by atoms with Gasteiger partial charge in [0.2, 0.25) is 5.91 Å². The molecule has 0 aromatic rings. The molecule has 0 aromatic heterocycles. The Bertz CT molecular complexity index is 666. The molecule has 4 nitrogen and oxygen atoms in total. The van der Waals surface area contributed by atoms with Gasteiger partial charge >= 0.3 is 0 Å². The van der Waals surface area contributed by atoms with Crippen molar-refractivity contribution in [1.29, 1.82) is 0 Å². The molecule has 0 saturated heterocycles. The van der Waals surface area contributed by atoms with E-state index in [1.807, 2.05) is 0 Å². The van der Waals surface area contributed by atoms with Crippen molar-refractivity contribution in [3.05, 3.63) is 12.2 Å². The van der Waals surface area contributed by atoms with Crippen LogP contribution in [-0.4, -0.2) is 34.9 Å². The first kappa shape index (κ1) is 48.1. The highest BCUT2D eigenvalue weighted by Crippen LogP contribution is 2.16. The molecule has 0 aromatic carbocycles. The minimum atomic E-state index is -0.656. The van der Waals surface area contributed by atoms with E-state index in [2.05, 4.69) is 31.3 Å². The van der Waals surface area contributed by atoms with Gasteiger partial charge in [0.15, 0.2) is 0 Å². The number of carbonyl (C=O) groups excluding carboxylic acids is 1. The Morgan fingerprint density at radius 1 is 0.469 bits per heavy atom. The molecule has 292 valence electrons. The molecule has 0 bridgehead atoms. The Morgan fingerprint density at radius 3 is 1.12 bits per heavy atom. The van der Waals surface area contributed by atoms with Crippen LogP contribution >= 0.6 is 0 Å². The van der Waals surface area contributed by atoms with Crippen molar-refractivity contribution in [2.24, 2.45) is 0 Å². The van der Waals surface area contributed by atoms with Gasteiger partial charge < -0.3 is 15.5 Å². The summed E-state index contributed by atoms with van der Waals surface area (Å²) < 4.78 is 0. The topological polar surface area (TPSA) is 69.6 Å². The van der Waals surface area contributed by atoms with Crippen molar-refractivity contribution in [2.75, 3.05) is 6.61 Å². The fourth-order valence-corrected chi connectivity index (χ4v) is 7.06. The van der Waals surface area contributed by atoms with E-state index in [9.17, 15) is 15.0 Å². The number of aliphatic hydroxyl groups is 2. The van der Waals surface area contributed by atoms with Gasteiger partial charge in [-0.1, -0.05) is 219 Å². The second-order valence-corrected chi connectivity index (χ2v) is 15.5. The number of unbranched alkanes of at least 4 members (excludes halogenated alkanes) is 32. The SMILES string of the molecule is CCCCCCCCCC/C=C\CCCCCCCCCCCC(=O)NC(CO)C(O)CCCCCCCCCCCCCCCCCC.